The molecule has 1 N–H and O–H groups in total. The van der Waals surface area contributed by atoms with Crippen molar-refractivity contribution in [2.75, 3.05) is 6.54 Å². The fourth-order valence-electron chi connectivity index (χ4n) is 1.31. The average Bonchev–Trinajstić information content (AvgIpc) is 2.04. The fourth-order valence-corrected chi connectivity index (χ4v) is 1.31. The lowest BCUT2D eigenvalue weighted by atomic mass is 10.2. The fraction of sp³-hybridized carbons (Fsp3) is 1.00. The molecule has 0 amide bonds. The van der Waals surface area contributed by atoms with E-state index in [0.29, 0.717) is 12.2 Å². The first-order valence-corrected chi connectivity index (χ1v) is 5.64. The molecule has 0 fully saturated rings. The summed E-state index contributed by atoms with van der Waals surface area (Å²) in [5, 5.41) is 8.11. The van der Waals surface area contributed by atoms with Crippen LogP contribution in [0.4, 0.5) is 0 Å². The second-order valence-corrected chi connectivity index (χ2v) is 3.85. The highest BCUT2D eigenvalue weighted by molar-refractivity contribution is 4.65. The lowest BCUT2D eigenvalue weighted by Gasteiger charge is -2.19. The third-order valence-electron chi connectivity index (χ3n) is 1.95. The summed E-state index contributed by atoms with van der Waals surface area (Å²) in [6.45, 7) is 9.83. The predicted octanol–water partition coefficient (Wildman–Crippen LogP) is 2.52. The molecule has 0 aromatic rings. The Kier molecular flexibility index (Phi) is 8.46. The van der Waals surface area contributed by atoms with E-state index >= 15 is 0 Å². The van der Waals surface area contributed by atoms with Gasteiger partial charge in [0, 0.05) is 6.04 Å². The van der Waals surface area contributed by atoms with E-state index in [1.807, 2.05) is 0 Å². The zero-order valence-electron chi connectivity index (χ0n) is 9.64. The van der Waals surface area contributed by atoms with Crippen molar-refractivity contribution in [2.45, 2.75) is 65.6 Å². The molecule has 0 aromatic carbocycles. The van der Waals surface area contributed by atoms with Crippen molar-refractivity contribution in [2.24, 2.45) is 0 Å². The maximum absolute atomic E-state index is 4.63. The van der Waals surface area contributed by atoms with E-state index in [0.717, 1.165) is 6.54 Å². The molecule has 0 aliphatic rings. The SMILES string of the molecule is CCCCNC(CCC)[N]C(C)C. The van der Waals surface area contributed by atoms with Crippen molar-refractivity contribution in [3.63, 3.8) is 0 Å². The molecular formula is C11H25N2. The van der Waals surface area contributed by atoms with Gasteiger partial charge in [-0.2, -0.15) is 0 Å². The van der Waals surface area contributed by atoms with Gasteiger partial charge in [-0.15, -0.1) is 0 Å². The van der Waals surface area contributed by atoms with Gasteiger partial charge in [0.2, 0.25) is 0 Å². The largest absolute Gasteiger partial charge is 0.301 e. The second-order valence-electron chi connectivity index (χ2n) is 3.85. The van der Waals surface area contributed by atoms with E-state index in [1.165, 1.54) is 25.7 Å². The molecular weight excluding hydrogens is 160 g/mol. The van der Waals surface area contributed by atoms with Crippen LogP contribution in [0.2, 0.25) is 0 Å². The van der Waals surface area contributed by atoms with Gasteiger partial charge < -0.3 is 5.32 Å². The van der Waals surface area contributed by atoms with Gasteiger partial charge in [0.05, 0.1) is 6.17 Å². The van der Waals surface area contributed by atoms with Crippen LogP contribution in [0.1, 0.15) is 53.4 Å². The summed E-state index contributed by atoms with van der Waals surface area (Å²) in [6.07, 6.45) is 5.28. The van der Waals surface area contributed by atoms with E-state index in [2.05, 4.69) is 38.3 Å². The molecule has 1 unspecified atom stereocenters. The Morgan fingerprint density at radius 1 is 1.15 bits per heavy atom. The maximum Gasteiger partial charge on any atom is 0.0738 e. The first-order chi connectivity index (χ1) is 6.20. The molecule has 1 atom stereocenters. The molecule has 0 aliphatic carbocycles. The zero-order chi connectivity index (χ0) is 10.1. The quantitative estimate of drug-likeness (QED) is 0.578. The first kappa shape index (κ1) is 12.9. The molecule has 0 saturated heterocycles. The normalized spacial score (nSPS) is 13.6. The Balaban J connectivity index is 3.53. The molecule has 0 aliphatic heterocycles. The minimum absolute atomic E-state index is 0.386. The van der Waals surface area contributed by atoms with E-state index < -0.39 is 0 Å². The smallest absolute Gasteiger partial charge is 0.0738 e. The highest BCUT2D eigenvalue weighted by Crippen LogP contribution is 1.97. The molecule has 2 heteroatoms. The third kappa shape index (κ3) is 8.26. The van der Waals surface area contributed by atoms with Crippen LogP contribution >= 0.6 is 0 Å². The first-order valence-electron chi connectivity index (χ1n) is 5.64. The molecule has 79 valence electrons. The van der Waals surface area contributed by atoms with Crippen LogP contribution < -0.4 is 10.6 Å². The number of hydrogen-bond acceptors (Lipinski definition) is 1. The molecule has 0 saturated carbocycles. The van der Waals surface area contributed by atoms with E-state index in [9.17, 15) is 0 Å². The zero-order valence-corrected chi connectivity index (χ0v) is 9.64. The van der Waals surface area contributed by atoms with Gasteiger partial charge in [0.1, 0.15) is 0 Å². The third-order valence-corrected chi connectivity index (χ3v) is 1.95. The van der Waals surface area contributed by atoms with Crippen molar-refractivity contribution in [3.05, 3.63) is 0 Å². The van der Waals surface area contributed by atoms with Gasteiger partial charge in [-0.25, -0.2) is 5.32 Å². The van der Waals surface area contributed by atoms with Gasteiger partial charge in [0.15, 0.2) is 0 Å². The molecule has 0 aromatic heterocycles. The van der Waals surface area contributed by atoms with Gasteiger partial charge >= 0.3 is 0 Å². The van der Waals surface area contributed by atoms with Crippen molar-refractivity contribution >= 4 is 0 Å². The van der Waals surface area contributed by atoms with Crippen LogP contribution in [0.15, 0.2) is 0 Å². The highest BCUT2D eigenvalue weighted by atomic mass is 15.1. The maximum atomic E-state index is 4.63. The summed E-state index contributed by atoms with van der Waals surface area (Å²) in [5.74, 6) is 0. The van der Waals surface area contributed by atoms with Crippen LogP contribution in [-0.4, -0.2) is 18.8 Å². The van der Waals surface area contributed by atoms with Gasteiger partial charge in [-0.1, -0.05) is 26.7 Å². The summed E-state index contributed by atoms with van der Waals surface area (Å²) in [7, 11) is 0. The molecule has 0 rings (SSSR count). The molecule has 0 spiro atoms. The number of hydrogen-bond donors (Lipinski definition) is 1. The molecule has 2 nitrogen and oxygen atoms in total. The number of nitrogens with one attached hydrogen (secondary N) is 1. The molecule has 13 heavy (non-hydrogen) atoms. The predicted molar refractivity (Wildman–Crippen MR) is 58.9 cm³/mol. The van der Waals surface area contributed by atoms with Crippen LogP contribution in [0.25, 0.3) is 0 Å². The van der Waals surface area contributed by atoms with Gasteiger partial charge in [-0.05, 0) is 33.2 Å². The lowest BCUT2D eigenvalue weighted by molar-refractivity contribution is 0.359. The summed E-state index contributed by atoms with van der Waals surface area (Å²) in [4.78, 5) is 0. The Bertz CT molecular complexity index is 102. The Hall–Kier alpha value is -0.0800. The van der Waals surface area contributed by atoms with Crippen LogP contribution in [-0.2, 0) is 0 Å². The monoisotopic (exact) mass is 185 g/mol. The lowest BCUT2D eigenvalue weighted by Crippen LogP contribution is -2.40. The minimum atomic E-state index is 0.386. The van der Waals surface area contributed by atoms with E-state index in [4.69, 9.17) is 0 Å². The summed E-state index contributed by atoms with van der Waals surface area (Å²) in [5.41, 5.74) is 0. The minimum Gasteiger partial charge on any atom is -0.301 e. The van der Waals surface area contributed by atoms with E-state index in [1.54, 1.807) is 0 Å². The van der Waals surface area contributed by atoms with Crippen LogP contribution in [0, 0.1) is 0 Å². The number of nitrogens with zero attached hydrogens (tertiary/aromatic N) is 1. The van der Waals surface area contributed by atoms with E-state index in [-0.39, 0.29) is 0 Å². The summed E-state index contributed by atoms with van der Waals surface area (Å²) >= 11 is 0. The standard InChI is InChI=1S/C11H25N2/c1-5-7-9-12-11(8-6-2)13-10(3)4/h10-12H,5-9H2,1-4H3. The molecule has 1 radical (unpaired) electrons. The van der Waals surface area contributed by atoms with Crippen molar-refractivity contribution in [1.82, 2.24) is 10.6 Å². The summed E-state index contributed by atoms with van der Waals surface area (Å²) < 4.78 is 0. The van der Waals surface area contributed by atoms with Crippen molar-refractivity contribution in [1.29, 1.82) is 0 Å². The topological polar surface area (TPSA) is 26.1 Å². The Morgan fingerprint density at radius 3 is 2.31 bits per heavy atom. The highest BCUT2D eigenvalue weighted by Gasteiger charge is 2.08. The number of rotatable bonds is 8. The van der Waals surface area contributed by atoms with Crippen LogP contribution in [0.5, 0.6) is 0 Å². The van der Waals surface area contributed by atoms with Gasteiger partial charge in [0.25, 0.3) is 0 Å². The average molecular weight is 185 g/mol. The molecule has 0 heterocycles. The van der Waals surface area contributed by atoms with Crippen LogP contribution in [0.3, 0.4) is 0 Å². The summed E-state index contributed by atoms with van der Waals surface area (Å²) in [6, 6.07) is 0.450. The van der Waals surface area contributed by atoms with Crippen molar-refractivity contribution in [3.8, 4) is 0 Å². The number of unbranched alkanes of at least 4 members (excludes halogenated alkanes) is 1. The van der Waals surface area contributed by atoms with Crippen molar-refractivity contribution < 1.29 is 0 Å². The van der Waals surface area contributed by atoms with Gasteiger partial charge in [-0.3, -0.25) is 0 Å². The Morgan fingerprint density at radius 2 is 1.85 bits per heavy atom. The molecule has 0 bridgehead atoms. The Labute approximate surface area is 83.5 Å². The second kappa shape index (κ2) is 8.52.